The van der Waals surface area contributed by atoms with E-state index in [0.29, 0.717) is 19.6 Å². The number of hydrogen-bond donors (Lipinski definition) is 2. The smallest absolute Gasteiger partial charge is 0.243 e. The van der Waals surface area contributed by atoms with Crippen molar-refractivity contribution in [1.82, 2.24) is 0 Å². The Morgan fingerprint density at radius 1 is 1.38 bits per heavy atom. The number of nitrogens with zero attached hydrogens (tertiary/aromatic N) is 1. The van der Waals surface area contributed by atoms with Crippen LogP contribution >= 0.6 is 0 Å². The maximum Gasteiger partial charge on any atom is 0.243 e. The molecule has 16 heavy (non-hydrogen) atoms. The number of nitrogens with two attached hydrogens (primary N) is 1. The van der Waals surface area contributed by atoms with Gasteiger partial charge in [-0.3, -0.25) is 4.79 Å². The van der Waals surface area contributed by atoms with E-state index in [-0.39, 0.29) is 5.91 Å². The van der Waals surface area contributed by atoms with E-state index < -0.39 is 0 Å². The Bertz CT molecular complexity index is 414. The molecule has 0 saturated heterocycles. The molecule has 0 atom stereocenters. The lowest BCUT2D eigenvalue weighted by molar-refractivity contribution is -0.115. The van der Waals surface area contributed by atoms with Crippen molar-refractivity contribution in [3.63, 3.8) is 0 Å². The minimum absolute atomic E-state index is 0.0276. The van der Waals surface area contributed by atoms with Gasteiger partial charge >= 0.3 is 0 Å². The molecule has 2 rings (SSSR count). The fourth-order valence-electron chi connectivity index (χ4n) is 1.76. The molecule has 1 aromatic rings. The Balaban J connectivity index is 2.20. The van der Waals surface area contributed by atoms with E-state index in [1.807, 2.05) is 41.3 Å². The highest BCUT2D eigenvalue weighted by Crippen LogP contribution is 2.28. The third-order valence-corrected chi connectivity index (χ3v) is 2.48. The van der Waals surface area contributed by atoms with E-state index in [0.717, 1.165) is 11.4 Å². The number of nitrogens with one attached hydrogen (secondary N) is 1. The molecule has 3 N–H and O–H groups in total. The molecule has 0 fully saturated rings. The second kappa shape index (κ2) is 4.81. The van der Waals surface area contributed by atoms with Gasteiger partial charge in [-0.1, -0.05) is 24.3 Å². The summed E-state index contributed by atoms with van der Waals surface area (Å²) < 4.78 is 0. The molecule has 0 bridgehead atoms. The van der Waals surface area contributed by atoms with Crippen LogP contribution in [-0.4, -0.2) is 25.5 Å². The van der Waals surface area contributed by atoms with Gasteiger partial charge in [0.05, 0.1) is 17.9 Å². The average molecular weight is 217 g/mol. The Morgan fingerprint density at radius 3 is 3.00 bits per heavy atom. The van der Waals surface area contributed by atoms with Crippen LogP contribution in [0.3, 0.4) is 0 Å². The Morgan fingerprint density at radius 2 is 2.19 bits per heavy atom. The van der Waals surface area contributed by atoms with Crippen molar-refractivity contribution in [2.45, 2.75) is 0 Å². The zero-order valence-corrected chi connectivity index (χ0v) is 9.02. The van der Waals surface area contributed by atoms with Gasteiger partial charge in [0.2, 0.25) is 5.91 Å². The van der Waals surface area contributed by atoms with Crippen LogP contribution in [0, 0.1) is 0 Å². The zero-order chi connectivity index (χ0) is 11.4. The molecular weight excluding hydrogens is 202 g/mol. The molecule has 1 heterocycles. The second-order valence-electron chi connectivity index (χ2n) is 3.65. The molecule has 0 saturated carbocycles. The average Bonchev–Trinajstić information content (AvgIpc) is 2.29. The predicted octanol–water partition coefficient (Wildman–Crippen LogP) is 0.960. The molecular formula is C12H15N3O. The van der Waals surface area contributed by atoms with Crippen molar-refractivity contribution >= 4 is 17.3 Å². The van der Waals surface area contributed by atoms with Gasteiger partial charge in [-0.05, 0) is 12.1 Å². The normalized spacial score (nSPS) is 15.1. The van der Waals surface area contributed by atoms with Crippen LogP contribution in [0.2, 0.25) is 0 Å². The minimum atomic E-state index is 0.0276. The molecule has 0 radical (unpaired) electrons. The number of carbonyl (C=O) groups excluding carboxylic acids is 1. The summed E-state index contributed by atoms with van der Waals surface area (Å²) in [5.74, 6) is 0.0276. The van der Waals surface area contributed by atoms with Gasteiger partial charge in [0.15, 0.2) is 0 Å². The summed E-state index contributed by atoms with van der Waals surface area (Å²) in [6.07, 6.45) is 3.88. The fourth-order valence-corrected chi connectivity index (χ4v) is 1.76. The van der Waals surface area contributed by atoms with Crippen molar-refractivity contribution < 1.29 is 4.79 Å². The van der Waals surface area contributed by atoms with E-state index >= 15 is 0 Å². The molecule has 1 amide bonds. The second-order valence-corrected chi connectivity index (χ2v) is 3.65. The van der Waals surface area contributed by atoms with Gasteiger partial charge < -0.3 is 16.0 Å². The van der Waals surface area contributed by atoms with Crippen molar-refractivity contribution in [1.29, 1.82) is 0 Å². The monoisotopic (exact) mass is 217 g/mol. The van der Waals surface area contributed by atoms with Crippen LogP contribution in [0.25, 0.3) is 0 Å². The molecule has 1 aliphatic heterocycles. The molecule has 4 nitrogen and oxygen atoms in total. The molecule has 0 aliphatic carbocycles. The standard InChI is InChI=1S/C12H15N3O/c13-7-3-4-8-15-9-12(16)14-10-5-1-2-6-11(10)15/h1-6H,7-9,13H2,(H,14,16). The van der Waals surface area contributed by atoms with E-state index in [9.17, 15) is 4.79 Å². The van der Waals surface area contributed by atoms with E-state index in [1.165, 1.54) is 0 Å². The van der Waals surface area contributed by atoms with E-state index in [4.69, 9.17) is 5.73 Å². The fraction of sp³-hybridized carbons (Fsp3) is 0.250. The lowest BCUT2D eigenvalue weighted by Gasteiger charge is -2.29. The summed E-state index contributed by atoms with van der Waals surface area (Å²) in [5, 5.41) is 2.85. The maximum absolute atomic E-state index is 11.5. The quantitative estimate of drug-likeness (QED) is 0.741. The first-order valence-electron chi connectivity index (χ1n) is 5.30. The summed E-state index contributed by atoms with van der Waals surface area (Å²) in [6, 6.07) is 7.80. The summed E-state index contributed by atoms with van der Waals surface area (Å²) in [7, 11) is 0. The number of hydrogen-bond acceptors (Lipinski definition) is 3. The molecule has 0 aromatic heterocycles. The number of benzene rings is 1. The van der Waals surface area contributed by atoms with Gasteiger partial charge in [-0.25, -0.2) is 0 Å². The molecule has 0 unspecified atom stereocenters. The van der Waals surface area contributed by atoms with Crippen LogP contribution in [0.4, 0.5) is 11.4 Å². The third-order valence-electron chi connectivity index (χ3n) is 2.48. The summed E-state index contributed by atoms with van der Waals surface area (Å²) in [6.45, 7) is 1.63. The molecule has 1 aromatic carbocycles. The van der Waals surface area contributed by atoms with Gasteiger partial charge in [0, 0.05) is 13.1 Å². The van der Waals surface area contributed by atoms with Gasteiger partial charge in [0.25, 0.3) is 0 Å². The highest BCUT2D eigenvalue weighted by Gasteiger charge is 2.19. The maximum atomic E-state index is 11.5. The highest BCUT2D eigenvalue weighted by atomic mass is 16.2. The van der Waals surface area contributed by atoms with Crippen LogP contribution in [0.5, 0.6) is 0 Å². The highest BCUT2D eigenvalue weighted by molar-refractivity contribution is 6.01. The Labute approximate surface area is 94.7 Å². The van der Waals surface area contributed by atoms with Gasteiger partial charge in [0.1, 0.15) is 0 Å². The van der Waals surface area contributed by atoms with Crippen LogP contribution in [-0.2, 0) is 4.79 Å². The van der Waals surface area contributed by atoms with Gasteiger partial charge in [-0.2, -0.15) is 0 Å². The molecule has 4 heteroatoms. The first-order chi connectivity index (χ1) is 7.81. The molecule has 1 aliphatic rings. The minimum Gasteiger partial charge on any atom is -0.357 e. The zero-order valence-electron chi connectivity index (χ0n) is 9.02. The Hall–Kier alpha value is -1.81. The SMILES string of the molecule is NCC=CCN1CC(=O)Nc2ccccc21. The lowest BCUT2D eigenvalue weighted by Crippen LogP contribution is -2.38. The number of para-hydroxylation sites is 2. The molecule has 0 spiro atoms. The van der Waals surface area contributed by atoms with Crippen LogP contribution in [0.15, 0.2) is 36.4 Å². The topological polar surface area (TPSA) is 58.4 Å². The molecule has 84 valence electrons. The number of anilines is 2. The number of amides is 1. The van der Waals surface area contributed by atoms with E-state index in [2.05, 4.69) is 5.32 Å². The predicted molar refractivity (Wildman–Crippen MR) is 65.5 cm³/mol. The Kier molecular flexibility index (Phi) is 3.22. The number of carbonyl (C=O) groups is 1. The van der Waals surface area contributed by atoms with Crippen LogP contribution < -0.4 is 16.0 Å². The van der Waals surface area contributed by atoms with Crippen molar-refractivity contribution in [3.8, 4) is 0 Å². The lowest BCUT2D eigenvalue weighted by atomic mass is 10.2. The third kappa shape index (κ3) is 2.23. The largest absolute Gasteiger partial charge is 0.357 e. The van der Waals surface area contributed by atoms with Crippen molar-refractivity contribution in [2.75, 3.05) is 29.9 Å². The first kappa shape index (κ1) is 10.7. The summed E-state index contributed by atoms with van der Waals surface area (Å²) in [4.78, 5) is 13.5. The van der Waals surface area contributed by atoms with Crippen LogP contribution in [0.1, 0.15) is 0 Å². The first-order valence-corrected chi connectivity index (χ1v) is 5.30. The van der Waals surface area contributed by atoms with Crippen molar-refractivity contribution in [3.05, 3.63) is 36.4 Å². The number of fused-ring (bicyclic) bond motifs is 1. The number of rotatable bonds is 3. The summed E-state index contributed by atoms with van der Waals surface area (Å²) >= 11 is 0. The van der Waals surface area contributed by atoms with Crippen molar-refractivity contribution in [2.24, 2.45) is 5.73 Å². The van der Waals surface area contributed by atoms with E-state index in [1.54, 1.807) is 0 Å². The van der Waals surface area contributed by atoms with Gasteiger partial charge in [-0.15, -0.1) is 0 Å². The summed E-state index contributed by atoms with van der Waals surface area (Å²) in [5.41, 5.74) is 7.32.